The Kier molecular flexibility index (Phi) is 4.58. The minimum Gasteiger partial charge on any atom is -0.480 e. The highest BCUT2D eigenvalue weighted by Crippen LogP contribution is 2.31. The van der Waals surface area contributed by atoms with Crippen molar-refractivity contribution < 1.29 is 14.1 Å². The molecule has 0 saturated heterocycles. The number of fused-ring (bicyclic) bond motifs is 1. The minimum absolute atomic E-state index is 0.231. The van der Waals surface area contributed by atoms with Crippen molar-refractivity contribution in [1.29, 1.82) is 0 Å². The molecule has 138 valence electrons. The quantitative estimate of drug-likeness (QED) is 0.739. The number of carbonyl (C=O) groups is 1. The van der Waals surface area contributed by atoms with Gasteiger partial charge in [-0.3, -0.25) is 4.79 Å². The van der Waals surface area contributed by atoms with Gasteiger partial charge in [-0.25, -0.2) is 0 Å². The Morgan fingerprint density at radius 2 is 2.11 bits per heavy atom. The number of hydrogen-bond donors (Lipinski definition) is 1. The number of carbonyl (C=O) groups excluding carboxylic acids is 1. The number of hydrogen-bond acceptors (Lipinski definition) is 5. The highest BCUT2D eigenvalue weighted by Gasteiger charge is 2.31. The van der Waals surface area contributed by atoms with Gasteiger partial charge in [-0.15, -0.1) is 0 Å². The molecule has 0 spiro atoms. The summed E-state index contributed by atoms with van der Waals surface area (Å²) in [6, 6.07) is 12.7. The van der Waals surface area contributed by atoms with Crippen LogP contribution in [-0.2, 0) is 11.2 Å². The molecule has 1 aromatic heterocycles. The van der Waals surface area contributed by atoms with E-state index in [1.165, 1.54) is 0 Å². The third kappa shape index (κ3) is 3.53. The number of nitrogens with zero attached hydrogens (tertiary/aromatic N) is 2. The van der Waals surface area contributed by atoms with E-state index in [1.54, 1.807) is 19.1 Å². The van der Waals surface area contributed by atoms with Crippen LogP contribution in [0.4, 0.5) is 0 Å². The number of ether oxygens (including phenoxy) is 1. The van der Waals surface area contributed by atoms with Crippen LogP contribution >= 0.6 is 11.6 Å². The van der Waals surface area contributed by atoms with Gasteiger partial charge in [0.05, 0.1) is 0 Å². The van der Waals surface area contributed by atoms with E-state index in [-0.39, 0.29) is 5.91 Å². The molecule has 0 fully saturated rings. The molecular formula is C20H18ClN3O3. The van der Waals surface area contributed by atoms with E-state index in [9.17, 15) is 4.79 Å². The van der Waals surface area contributed by atoms with Crippen molar-refractivity contribution in [2.24, 2.45) is 0 Å². The van der Waals surface area contributed by atoms with Crippen molar-refractivity contribution >= 4 is 17.5 Å². The van der Waals surface area contributed by atoms with Crippen LogP contribution < -0.4 is 10.1 Å². The molecule has 1 N–H and O–H groups in total. The summed E-state index contributed by atoms with van der Waals surface area (Å²) in [5.41, 5.74) is 2.88. The predicted molar refractivity (Wildman–Crippen MR) is 101 cm³/mol. The second-order valence-corrected chi connectivity index (χ2v) is 7.00. The summed E-state index contributed by atoms with van der Waals surface area (Å²) in [7, 11) is 0. The normalized spacial score (nSPS) is 16.5. The van der Waals surface area contributed by atoms with Crippen LogP contribution in [0.25, 0.3) is 11.4 Å². The van der Waals surface area contributed by atoms with Gasteiger partial charge in [0, 0.05) is 17.0 Å². The van der Waals surface area contributed by atoms with Gasteiger partial charge in [0.15, 0.2) is 6.10 Å². The first-order chi connectivity index (χ1) is 13.0. The fraction of sp³-hybridized carbons (Fsp3) is 0.250. The van der Waals surface area contributed by atoms with Crippen molar-refractivity contribution in [3.63, 3.8) is 0 Å². The zero-order valence-corrected chi connectivity index (χ0v) is 15.7. The van der Waals surface area contributed by atoms with Crippen LogP contribution in [0.3, 0.4) is 0 Å². The minimum atomic E-state index is -0.598. The zero-order valence-electron chi connectivity index (χ0n) is 14.9. The lowest BCUT2D eigenvalue weighted by molar-refractivity contribution is -0.128. The monoisotopic (exact) mass is 383 g/mol. The molecule has 1 amide bonds. The fourth-order valence-corrected chi connectivity index (χ4v) is 3.27. The third-order valence-corrected chi connectivity index (χ3v) is 4.78. The number of rotatable bonds is 4. The van der Waals surface area contributed by atoms with Gasteiger partial charge in [-0.2, -0.15) is 4.98 Å². The summed E-state index contributed by atoms with van der Waals surface area (Å²) in [5, 5.41) is 7.53. The number of amides is 1. The van der Waals surface area contributed by atoms with Crippen molar-refractivity contribution in [2.75, 3.05) is 0 Å². The Hall–Kier alpha value is -2.86. The Balaban J connectivity index is 1.43. The van der Waals surface area contributed by atoms with Crippen LogP contribution in [0.1, 0.15) is 30.0 Å². The third-order valence-electron chi connectivity index (χ3n) is 4.55. The first-order valence-corrected chi connectivity index (χ1v) is 9.04. The summed E-state index contributed by atoms with van der Waals surface area (Å²) in [4.78, 5) is 17.0. The Morgan fingerprint density at radius 3 is 2.93 bits per heavy atom. The largest absolute Gasteiger partial charge is 0.480 e. The second-order valence-electron chi connectivity index (χ2n) is 6.56. The van der Waals surface area contributed by atoms with Gasteiger partial charge in [0.1, 0.15) is 11.8 Å². The van der Waals surface area contributed by atoms with Gasteiger partial charge in [-0.1, -0.05) is 41.0 Å². The van der Waals surface area contributed by atoms with E-state index in [0.29, 0.717) is 28.9 Å². The number of aromatic nitrogens is 2. The van der Waals surface area contributed by atoms with E-state index in [1.807, 2.05) is 37.3 Å². The van der Waals surface area contributed by atoms with Gasteiger partial charge in [0.25, 0.3) is 5.91 Å². The van der Waals surface area contributed by atoms with Crippen LogP contribution in [0, 0.1) is 6.92 Å². The summed E-state index contributed by atoms with van der Waals surface area (Å²) in [6.07, 6.45) is -0.119. The topological polar surface area (TPSA) is 77.2 Å². The second kappa shape index (κ2) is 7.04. The van der Waals surface area contributed by atoms with Gasteiger partial charge < -0.3 is 14.6 Å². The molecule has 6 nitrogen and oxygen atoms in total. The molecule has 1 aliphatic rings. The molecule has 0 bridgehead atoms. The maximum atomic E-state index is 12.6. The Bertz CT molecular complexity index is 1000. The van der Waals surface area contributed by atoms with Gasteiger partial charge in [0.2, 0.25) is 11.7 Å². The van der Waals surface area contributed by atoms with Gasteiger partial charge >= 0.3 is 0 Å². The molecule has 3 aromatic rings. The molecule has 2 atom stereocenters. The lowest BCUT2D eigenvalue weighted by atomic mass is 10.1. The van der Waals surface area contributed by atoms with Gasteiger partial charge in [-0.05, 0) is 43.2 Å². The van der Waals surface area contributed by atoms with Crippen LogP contribution in [0.5, 0.6) is 5.75 Å². The van der Waals surface area contributed by atoms with Crippen LogP contribution in [0.15, 0.2) is 47.0 Å². The van der Waals surface area contributed by atoms with E-state index in [2.05, 4.69) is 15.5 Å². The van der Waals surface area contributed by atoms with E-state index in [0.717, 1.165) is 16.7 Å². The lowest BCUT2D eigenvalue weighted by Gasteiger charge is -2.14. The summed E-state index contributed by atoms with van der Waals surface area (Å²) in [6.45, 7) is 3.78. The van der Waals surface area contributed by atoms with Crippen LogP contribution in [0.2, 0.25) is 5.02 Å². The zero-order chi connectivity index (χ0) is 19.0. The maximum Gasteiger partial charge on any atom is 0.262 e. The molecule has 2 aromatic carbocycles. The molecule has 2 heterocycles. The summed E-state index contributed by atoms with van der Waals surface area (Å²) in [5.74, 6) is 1.31. The molecule has 0 radical (unpaired) electrons. The van der Waals surface area contributed by atoms with E-state index in [4.69, 9.17) is 20.9 Å². The number of benzene rings is 2. The standard InChI is InChI=1S/C20H18ClN3O3/c1-11-5-3-4-6-15(11)18-23-20(27-24-18)12(2)22-19(25)17-10-13-9-14(21)7-8-16(13)26-17/h3-9,12,17H,10H2,1-2H3,(H,22,25)/t12-,17+/m0/s1. The van der Waals surface area contributed by atoms with Crippen molar-refractivity contribution in [3.05, 3.63) is 64.5 Å². The van der Waals surface area contributed by atoms with Crippen molar-refractivity contribution in [3.8, 4) is 17.1 Å². The molecule has 27 heavy (non-hydrogen) atoms. The first kappa shape index (κ1) is 17.5. The summed E-state index contributed by atoms with van der Waals surface area (Å²) < 4.78 is 11.1. The maximum absolute atomic E-state index is 12.6. The molecule has 1 aliphatic heterocycles. The van der Waals surface area contributed by atoms with E-state index >= 15 is 0 Å². The smallest absolute Gasteiger partial charge is 0.262 e. The highest BCUT2D eigenvalue weighted by molar-refractivity contribution is 6.30. The first-order valence-electron chi connectivity index (χ1n) is 8.66. The van der Waals surface area contributed by atoms with Crippen LogP contribution in [-0.4, -0.2) is 22.2 Å². The number of aryl methyl sites for hydroxylation is 1. The molecular weight excluding hydrogens is 366 g/mol. The predicted octanol–water partition coefficient (Wildman–Crippen LogP) is 3.88. The molecule has 0 unspecified atom stereocenters. The fourth-order valence-electron chi connectivity index (χ4n) is 3.08. The van der Waals surface area contributed by atoms with E-state index < -0.39 is 12.1 Å². The molecule has 4 rings (SSSR count). The highest BCUT2D eigenvalue weighted by atomic mass is 35.5. The average Bonchev–Trinajstić information content (AvgIpc) is 3.28. The SMILES string of the molecule is Cc1ccccc1-c1noc([C@H](C)NC(=O)[C@H]2Cc3cc(Cl)ccc3O2)n1. The van der Waals surface area contributed by atoms with Crippen molar-refractivity contribution in [2.45, 2.75) is 32.4 Å². The summed E-state index contributed by atoms with van der Waals surface area (Å²) >= 11 is 6.00. The Morgan fingerprint density at radius 1 is 1.30 bits per heavy atom. The van der Waals surface area contributed by atoms with Crippen molar-refractivity contribution in [1.82, 2.24) is 15.5 Å². The number of nitrogens with one attached hydrogen (secondary N) is 1. The number of halogens is 1. The lowest BCUT2D eigenvalue weighted by Crippen LogP contribution is -2.38. The Labute approximate surface area is 161 Å². The molecule has 0 saturated carbocycles. The average molecular weight is 384 g/mol. The molecule has 7 heteroatoms. The molecule has 0 aliphatic carbocycles.